The van der Waals surface area contributed by atoms with Gasteiger partial charge in [-0.25, -0.2) is 0 Å². The van der Waals surface area contributed by atoms with Crippen LogP contribution in [0.3, 0.4) is 0 Å². The van der Waals surface area contributed by atoms with Gasteiger partial charge in [-0.2, -0.15) is 0 Å². The van der Waals surface area contributed by atoms with Gasteiger partial charge >= 0.3 is 7.12 Å². The predicted octanol–water partition coefficient (Wildman–Crippen LogP) is 4.88. The average molecular weight is 409 g/mol. The van der Waals surface area contributed by atoms with Crippen molar-refractivity contribution in [2.75, 3.05) is 7.11 Å². The number of halogens is 2. The van der Waals surface area contributed by atoms with Crippen molar-refractivity contribution in [3.8, 4) is 11.5 Å². The van der Waals surface area contributed by atoms with Crippen LogP contribution in [-0.2, 0) is 15.9 Å². The summed E-state index contributed by atoms with van der Waals surface area (Å²) in [7, 11) is 1.18. The Labute approximate surface area is 170 Å². The summed E-state index contributed by atoms with van der Waals surface area (Å²) in [6.45, 7) is 8.39. The molecule has 0 unspecified atom stereocenters. The Balaban J connectivity index is 1.83. The summed E-state index contributed by atoms with van der Waals surface area (Å²) in [5.74, 6) is 1.24. The lowest BCUT2D eigenvalue weighted by Gasteiger charge is -2.32. The summed E-state index contributed by atoms with van der Waals surface area (Å²) in [6.07, 6.45) is 0. The molecule has 0 amide bonds. The van der Waals surface area contributed by atoms with Crippen LogP contribution in [0, 0.1) is 0 Å². The van der Waals surface area contributed by atoms with Crippen LogP contribution >= 0.6 is 23.2 Å². The van der Waals surface area contributed by atoms with E-state index in [2.05, 4.69) is 0 Å². The second-order valence-electron chi connectivity index (χ2n) is 7.52. The molecule has 0 spiro atoms. The molecule has 0 aromatic heterocycles. The van der Waals surface area contributed by atoms with Crippen LogP contribution in [0.1, 0.15) is 33.3 Å². The molecule has 1 heterocycles. The van der Waals surface area contributed by atoms with E-state index in [0.717, 1.165) is 11.0 Å². The minimum atomic E-state index is -0.450. The highest BCUT2D eigenvalue weighted by Crippen LogP contribution is 2.37. The molecule has 2 aromatic rings. The Morgan fingerprint density at radius 1 is 0.926 bits per heavy atom. The minimum absolute atomic E-state index is 0.274. The zero-order chi connectivity index (χ0) is 19.8. The Hall–Kier alpha value is -1.40. The monoisotopic (exact) mass is 408 g/mol. The first-order chi connectivity index (χ1) is 12.6. The maximum atomic E-state index is 6.18. The Kier molecular flexibility index (Phi) is 5.69. The van der Waals surface area contributed by atoms with Crippen LogP contribution in [0.5, 0.6) is 11.5 Å². The van der Waals surface area contributed by atoms with Crippen LogP contribution in [-0.4, -0.2) is 25.4 Å². The molecule has 0 radical (unpaired) electrons. The van der Waals surface area contributed by atoms with Crippen molar-refractivity contribution in [1.29, 1.82) is 0 Å². The molecule has 1 saturated heterocycles. The summed E-state index contributed by atoms with van der Waals surface area (Å²) in [4.78, 5) is 0. The van der Waals surface area contributed by atoms with Crippen molar-refractivity contribution in [2.45, 2.75) is 45.5 Å². The molecule has 0 saturated carbocycles. The maximum absolute atomic E-state index is 6.18. The summed E-state index contributed by atoms with van der Waals surface area (Å²) in [6, 6.07) is 10.9. The highest BCUT2D eigenvalue weighted by atomic mass is 35.5. The largest absolute Gasteiger partial charge is 0.496 e. The zero-order valence-corrected chi connectivity index (χ0v) is 17.6. The van der Waals surface area contributed by atoms with Crippen molar-refractivity contribution < 1.29 is 18.8 Å². The molecule has 7 heteroatoms. The molecule has 4 nitrogen and oxygen atoms in total. The normalized spacial score (nSPS) is 17.8. The molecule has 3 rings (SSSR count). The second-order valence-corrected chi connectivity index (χ2v) is 8.37. The quantitative estimate of drug-likeness (QED) is 0.660. The lowest BCUT2D eigenvalue weighted by Crippen LogP contribution is -2.41. The van der Waals surface area contributed by atoms with E-state index >= 15 is 0 Å². The van der Waals surface area contributed by atoms with Gasteiger partial charge in [0.15, 0.2) is 0 Å². The fourth-order valence-corrected chi connectivity index (χ4v) is 3.11. The lowest BCUT2D eigenvalue weighted by atomic mass is 9.78. The summed E-state index contributed by atoms with van der Waals surface area (Å²) >= 11 is 12.2. The SMILES string of the molecule is COc1ccc(B2OC(C)(C)C(C)(C)O2)cc1COc1cc(Cl)ccc1Cl. The van der Waals surface area contributed by atoms with E-state index in [4.69, 9.17) is 42.0 Å². The number of hydrogen-bond acceptors (Lipinski definition) is 4. The molecular formula is C20H23BCl2O4. The number of hydrogen-bond donors (Lipinski definition) is 0. The number of benzene rings is 2. The molecule has 0 bridgehead atoms. The topological polar surface area (TPSA) is 36.9 Å². The van der Waals surface area contributed by atoms with Crippen LogP contribution in [0.4, 0.5) is 0 Å². The van der Waals surface area contributed by atoms with Crippen molar-refractivity contribution in [2.24, 2.45) is 0 Å². The number of methoxy groups -OCH3 is 1. The Morgan fingerprint density at radius 2 is 1.59 bits per heavy atom. The van der Waals surface area contributed by atoms with Gasteiger partial charge in [0.1, 0.15) is 18.1 Å². The van der Waals surface area contributed by atoms with Gasteiger partial charge in [0, 0.05) is 16.7 Å². The summed E-state index contributed by atoms with van der Waals surface area (Å²) in [5, 5.41) is 1.06. The number of ether oxygens (including phenoxy) is 2. The van der Waals surface area contributed by atoms with E-state index in [-0.39, 0.29) is 6.61 Å². The first-order valence-electron chi connectivity index (χ1n) is 8.73. The van der Waals surface area contributed by atoms with Gasteiger partial charge in [-0.1, -0.05) is 35.3 Å². The van der Waals surface area contributed by atoms with E-state index in [1.165, 1.54) is 0 Å². The van der Waals surface area contributed by atoms with E-state index in [1.54, 1.807) is 25.3 Å². The van der Waals surface area contributed by atoms with E-state index < -0.39 is 18.3 Å². The van der Waals surface area contributed by atoms with Gasteiger partial charge in [0.05, 0.1) is 23.3 Å². The molecule has 1 aliphatic rings. The smallest absolute Gasteiger partial charge is 0.494 e. The predicted molar refractivity (Wildman–Crippen MR) is 110 cm³/mol. The van der Waals surface area contributed by atoms with Crippen LogP contribution in [0.25, 0.3) is 0 Å². The van der Waals surface area contributed by atoms with Crippen LogP contribution < -0.4 is 14.9 Å². The summed E-state index contributed by atoms with van der Waals surface area (Å²) < 4.78 is 23.6. The highest BCUT2D eigenvalue weighted by Gasteiger charge is 2.51. The Morgan fingerprint density at radius 3 is 2.22 bits per heavy atom. The molecule has 27 heavy (non-hydrogen) atoms. The van der Waals surface area contributed by atoms with Crippen molar-refractivity contribution >= 4 is 35.8 Å². The molecule has 0 atom stereocenters. The fourth-order valence-electron chi connectivity index (χ4n) is 2.78. The van der Waals surface area contributed by atoms with Crippen LogP contribution in [0.2, 0.25) is 10.0 Å². The fraction of sp³-hybridized carbons (Fsp3) is 0.400. The Bertz CT molecular complexity index is 823. The summed E-state index contributed by atoms with van der Waals surface area (Å²) in [5.41, 5.74) is 0.969. The average Bonchev–Trinajstić information content (AvgIpc) is 2.83. The standard InChI is InChI=1S/C20H23BCl2O4/c1-19(2)20(3,4)27-21(26-19)14-6-9-17(24-5)13(10-14)12-25-18-11-15(22)7-8-16(18)23/h6-11H,12H2,1-5H3. The van der Waals surface area contributed by atoms with Crippen molar-refractivity contribution in [1.82, 2.24) is 0 Å². The molecule has 144 valence electrons. The first kappa shape index (κ1) is 20.3. The highest BCUT2D eigenvalue weighted by molar-refractivity contribution is 6.62. The number of rotatable bonds is 5. The zero-order valence-electron chi connectivity index (χ0n) is 16.1. The maximum Gasteiger partial charge on any atom is 0.494 e. The molecule has 0 aliphatic carbocycles. The van der Waals surface area contributed by atoms with Crippen LogP contribution in [0.15, 0.2) is 36.4 Å². The van der Waals surface area contributed by atoms with E-state index in [0.29, 0.717) is 21.5 Å². The molecule has 2 aromatic carbocycles. The molecular weight excluding hydrogens is 386 g/mol. The molecule has 0 N–H and O–H groups in total. The van der Waals surface area contributed by atoms with Gasteiger partial charge < -0.3 is 18.8 Å². The second kappa shape index (κ2) is 7.55. The molecule has 1 fully saturated rings. The van der Waals surface area contributed by atoms with Gasteiger partial charge in [-0.05, 0) is 51.4 Å². The van der Waals surface area contributed by atoms with E-state index in [1.807, 2.05) is 45.9 Å². The third-order valence-electron chi connectivity index (χ3n) is 5.11. The van der Waals surface area contributed by atoms with Gasteiger partial charge in [0.25, 0.3) is 0 Å². The van der Waals surface area contributed by atoms with Gasteiger partial charge in [0.2, 0.25) is 0 Å². The molecule has 1 aliphatic heterocycles. The first-order valence-corrected chi connectivity index (χ1v) is 9.49. The lowest BCUT2D eigenvalue weighted by molar-refractivity contribution is 0.00578. The van der Waals surface area contributed by atoms with Gasteiger partial charge in [-0.3, -0.25) is 0 Å². The third kappa shape index (κ3) is 4.22. The van der Waals surface area contributed by atoms with Crippen molar-refractivity contribution in [3.05, 3.63) is 52.0 Å². The van der Waals surface area contributed by atoms with E-state index in [9.17, 15) is 0 Å². The van der Waals surface area contributed by atoms with Gasteiger partial charge in [-0.15, -0.1) is 0 Å². The third-order valence-corrected chi connectivity index (χ3v) is 5.65. The minimum Gasteiger partial charge on any atom is -0.496 e. The van der Waals surface area contributed by atoms with Crippen molar-refractivity contribution in [3.63, 3.8) is 0 Å².